The van der Waals surface area contributed by atoms with Crippen molar-refractivity contribution in [3.05, 3.63) is 24.3 Å². The van der Waals surface area contributed by atoms with E-state index in [4.69, 9.17) is 5.73 Å². The van der Waals surface area contributed by atoms with Gasteiger partial charge in [-0.2, -0.15) is 0 Å². The number of halogens is 2. The number of piperidine rings is 1. The molecular formula is C17H29Cl2N5O2. The van der Waals surface area contributed by atoms with Gasteiger partial charge < -0.3 is 26.6 Å². The third-order valence-electron chi connectivity index (χ3n) is 3.99. The molecule has 1 saturated heterocycles. The van der Waals surface area contributed by atoms with Crippen LogP contribution in [0.15, 0.2) is 24.3 Å². The highest BCUT2D eigenvalue weighted by atomic mass is 35.5. The van der Waals surface area contributed by atoms with Gasteiger partial charge in [-0.3, -0.25) is 4.79 Å². The van der Waals surface area contributed by atoms with Crippen LogP contribution in [0, 0.1) is 0 Å². The lowest BCUT2D eigenvalue weighted by atomic mass is 10.1. The van der Waals surface area contributed by atoms with Gasteiger partial charge in [0.1, 0.15) is 0 Å². The van der Waals surface area contributed by atoms with Crippen molar-refractivity contribution >= 4 is 48.1 Å². The van der Waals surface area contributed by atoms with Crippen molar-refractivity contribution in [2.75, 3.05) is 30.8 Å². The second kappa shape index (κ2) is 12.0. The quantitative estimate of drug-likeness (QED) is 0.604. The molecule has 1 heterocycles. The number of benzene rings is 1. The summed E-state index contributed by atoms with van der Waals surface area (Å²) in [6, 6.07) is 6.88. The van der Waals surface area contributed by atoms with Gasteiger partial charge in [-0.05, 0) is 64.2 Å². The maximum absolute atomic E-state index is 12.0. The van der Waals surface area contributed by atoms with Crippen LogP contribution in [0.5, 0.6) is 0 Å². The van der Waals surface area contributed by atoms with E-state index in [0.717, 1.165) is 25.9 Å². The van der Waals surface area contributed by atoms with Gasteiger partial charge in [-0.1, -0.05) is 0 Å². The molecule has 0 aliphatic carbocycles. The highest BCUT2D eigenvalue weighted by Gasteiger charge is 2.18. The Morgan fingerprint density at radius 3 is 2.12 bits per heavy atom. The normalized spacial score (nSPS) is 15.8. The summed E-state index contributed by atoms with van der Waals surface area (Å²) >= 11 is 0. The van der Waals surface area contributed by atoms with Gasteiger partial charge in [-0.15, -0.1) is 24.8 Å². The summed E-state index contributed by atoms with van der Waals surface area (Å²) in [4.78, 5) is 25.9. The molecular weight excluding hydrogens is 377 g/mol. The van der Waals surface area contributed by atoms with Crippen LogP contribution in [-0.2, 0) is 4.79 Å². The Balaban J connectivity index is 0.00000312. The number of nitrogens with one attached hydrogen (secondary N) is 3. The minimum atomic E-state index is -0.196. The number of carbonyl (C=O) groups excluding carboxylic acids is 2. The average molecular weight is 406 g/mol. The van der Waals surface area contributed by atoms with Crippen LogP contribution >= 0.6 is 24.8 Å². The van der Waals surface area contributed by atoms with E-state index >= 15 is 0 Å². The molecule has 5 N–H and O–H groups in total. The van der Waals surface area contributed by atoms with Crippen molar-refractivity contribution in [2.24, 2.45) is 5.73 Å². The first-order valence-corrected chi connectivity index (χ1v) is 8.34. The molecule has 26 heavy (non-hydrogen) atoms. The molecule has 1 aromatic carbocycles. The van der Waals surface area contributed by atoms with Crippen LogP contribution < -0.4 is 21.7 Å². The topological polar surface area (TPSA) is 99.5 Å². The van der Waals surface area contributed by atoms with E-state index in [1.807, 2.05) is 0 Å². The van der Waals surface area contributed by atoms with E-state index < -0.39 is 0 Å². The molecule has 2 rings (SSSR count). The second-order valence-electron chi connectivity index (χ2n) is 6.48. The molecule has 1 aliphatic heterocycles. The summed E-state index contributed by atoms with van der Waals surface area (Å²) in [5.74, 6) is -0.120. The lowest BCUT2D eigenvalue weighted by Gasteiger charge is -2.29. The number of carbonyl (C=O) groups is 2. The van der Waals surface area contributed by atoms with Crippen molar-refractivity contribution in [1.29, 1.82) is 0 Å². The monoisotopic (exact) mass is 405 g/mol. The number of nitrogens with two attached hydrogens (primary N) is 1. The lowest BCUT2D eigenvalue weighted by molar-refractivity contribution is -0.116. The number of nitrogens with zero attached hydrogens (tertiary/aromatic N) is 1. The molecule has 0 bridgehead atoms. The van der Waals surface area contributed by atoms with Crippen molar-refractivity contribution in [3.8, 4) is 0 Å². The van der Waals surface area contributed by atoms with Gasteiger partial charge in [0.05, 0.1) is 0 Å². The van der Waals surface area contributed by atoms with Gasteiger partial charge in [0.2, 0.25) is 5.91 Å². The predicted molar refractivity (Wildman–Crippen MR) is 111 cm³/mol. The minimum absolute atomic E-state index is 0. The van der Waals surface area contributed by atoms with Gasteiger partial charge in [0, 0.05) is 29.9 Å². The van der Waals surface area contributed by atoms with Crippen LogP contribution in [-0.4, -0.2) is 49.1 Å². The first-order valence-electron chi connectivity index (χ1n) is 8.34. The third-order valence-corrected chi connectivity index (χ3v) is 3.99. The molecule has 1 aliphatic rings. The SMILES string of the molecule is CC(N)CC(=O)Nc1ccc(NC(=O)NC2CCN(C)CC2)cc1.Cl.Cl. The Kier molecular flexibility index (Phi) is 11.2. The first-order chi connectivity index (χ1) is 11.4. The fraction of sp³-hybridized carbons (Fsp3) is 0.529. The molecule has 0 saturated carbocycles. The number of likely N-dealkylation sites (tertiary alicyclic amines) is 1. The van der Waals surface area contributed by atoms with Crippen LogP contribution in [0.3, 0.4) is 0 Å². The zero-order valence-corrected chi connectivity index (χ0v) is 16.8. The van der Waals surface area contributed by atoms with Gasteiger partial charge in [-0.25, -0.2) is 4.79 Å². The number of amides is 3. The summed E-state index contributed by atoms with van der Waals surface area (Å²) < 4.78 is 0. The Labute approximate surface area is 167 Å². The third kappa shape index (κ3) is 8.71. The summed E-state index contributed by atoms with van der Waals surface area (Å²) in [5, 5.41) is 8.58. The molecule has 148 valence electrons. The molecule has 9 heteroatoms. The largest absolute Gasteiger partial charge is 0.335 e. The summed E-state index contributed by atoms with van der Waals surface area (Å²) in [5.41, 5.74) is 6.96. The van der Waals surface area contributed by atoms with Gasteiger partial charge in [0.15, 0.2) is 0 Å². The second-order valence-corrected chi connectivity index (χ2v) is 6.48. The van der Waals surface area contributed by atoms with E-state index in [1.54, 1.807) is 31.2 Å². The summed E-state index contributed by atoms with van der Waals surface area (Å²) in [6.45, 7) is 3.79. The van der Waals surface area contributed by atoms with E-state index in [-0.39, 0.29) is 55.3 Å². The first kappa shape index (κ1) is 24.5. The van der Waals surface area contributed by atoms with Crippen molar-refractivity contribution in [2.45, 2.75) is 38.3 Å². The summed E-state index contributed by atoms with van der Waals surface area (Å²) in [6.07, 6.45) is 2.21. The number of hydrogen-bond acceptors (Lipinski definition) is 4. The van der Waals surface area contributed by atoms with Crippen molar-refractivity contribution in [3.63, 3.8) is 0 Å². The molecule has 1 aromatic rings. The fourth-order valence-electron chi connectivity index (χ4n) is 2.65. The van der Waals surface area contributed by atoms with Crippen molar-refractivity contribution < 1.29 is 9.59 Å². The number of rotatable bonds is 5. The van der Waals surface area contributed by atoms with E-state index in [0.29, 0.717) is 11.4 Å². The standard InChI is InChI=1S/C17H27N5O2.2ClH/c1-12(18)11-16(23)19-13-3-5-14(6-4-13)20-17(24)21-15-7-9-22(2)10-8-15;;/h3-6,12,15H,7-11,18H2,1-2H3,(H,19,23)(H2,20,21,24);2*1H. The average Bonchev–Trinajstić information content (AvgIpc) is 2.51. The molecule has 0 spiro atoms. The van der Waals surface area contributed by atoms with Gasteiger partial charge in [0.25, 0.3) is 0 Å². The zero-order chi connectivity index (χ0) is 17.5. The molecule has 0 radical (unpaired) electrons. The molecule has 1 atom stereocenters. The maximum atomic E-state index is 12.0. The lowest BCUT2D eigenvalue weighted by Crippen LogP contribution is -2.44. The Morgan fingerprint density at radius 1 is 1.12 bits per heavy atom. The van der Waals surface area contributed by atoms with Crippen LogP contribution in [0.1, 0.15) is 26.2 Å². The van der Waals surface area contributed by atoms with Crippen LogP contribution in [0.2, 0.25) is 0 Å². The smallest absolute Gasteiger partial charge is 0.319 e. The Hall–Kier alpha value is -1.54. The highest BCUT2D eigenvalue weighted by Crippen LogP contribution is 2.14. The molecule has 1 unspecified atom stereocenters. The zero-order valence-electron chi connectivity index (χ0n) is 15.2. The Morgan fingerprint density at radius 2 is 1.62 bits per heavy atom. The van der Waals surface area contributed by atoms with Gasteiger partial charge >= 0.3 is 6.03 Å². The van der Waals surface area contributed by atoms with Crippen LogP contribution in [0.25, 0.3) is 0 Å². The molecule has 7 nitrogen and oxygen atoms in total. The minimum Gasteiger partial charge on any atom is -0.335 e. The van der Waals surface area contributed by atoms with E-state index in [1.165, 1.54) is 0 Å². The van der Waals surface area contributed by atoms with Crippen LogP contribution in [0.4, 0.5) is 16.2 Å². The molecule has 3 amide bonds. The maximum Gasteiger partial charge on any atom is 0.319 e. The number of hydrogen-bond donors (Lipinski definition) is 4. The highest BCUT2D eigenvalue weighted by molar-refractivity contribution is 5.92. The number of urea groups is 1. The molecule has 0 aromatic heterocycles. The number of anilines is 2. The predicted octanol–water partition coefficient (Wildman–Crippen LogP) is 2.42. The van der Waals surface area contributed by atoms with E-state index in [2.05, 4.69) is 27.9 Å². The van der Waals surface area contributed by atoms with Crippen molar-refractivity contribution in [1.82, 2.24) is 10.2 Å². The van der Waals surface area contributed by atoms with E-state index in [9.17, 15) is 9.59 Å². The summed E-state index contributed by atoms with van der Waals surface area (Å²) in [7, 11) is 2.09. The fourth-order valence-corrected chi connectivity index (χ4v) is 2.65. The molecule has 1 fully saturated rings. The Bertz CT molecular complexity index is 561.